The first kappa shape index (κ1) is 20.5. The fraction of sp³-hybridized carbons (Fsp3) is 0.118. The van der Waals surface area contributed by atoms with Gasteiger partial charge in [-0.15, -0.1) is 4.80 Å². The van der Waals surface area contributed by atoms with Gasteiger partial charge in [-0.05, 0) is 18.2 Å². The van der Waals surface area contributed by atoms with E-state index in [4.69, 9.17) is 11.6 Å². The molecule has 3 aromatic heterocycles. The number of aromatic nitrogens is 6. The maximum Gasteiger partial charge on any atom is 0.434 e. The van der Waals surface area contributed by atoms with Crippen molar-refractivity contribution < 1.29 is 22.4 Å². The highest BCUT2D eigenvalue weighted by molar-refractivity contribution is 6.33. The summed E-state index contributed by atoms with van der Waals surface area (Å²) in [6.45, 7) is 0.0518. The van der Waals surface area contributed by atoms with Crippen LogP contribution >= 0.6 is 11.6 Å². The average molecular weight is 455 g/mol. The molecule has 9 nitrogen and oxygen atoms in total. The Hall–Kier alpha value is -3.74. The van der Waals surface area contributed by atoms with E-state index in [1.54, 1.807) is 0 Å². The summed E-state index contributed by atoms with van der Waals surface area (Å²) in [4.78, 5) is 17.1. The Balaban J connectivity index is 1.64. The predicted octanol–water partition coefficient (Wildman–Crippen LogP) is 2.30. The third-order valence-electron chi connectivity index (χ3n) is 4.11. The standard InChI is InChI=1S/C17H11ClF4N8O/c18-12-5-9(6-24-15(12)30-25-3-4-26-30)28-16(31)11-8-27-29(14(11)17(20,21)22)10-1-2-13(19)23-7-10/h1-5,7-8,24H,6H2,(H,28,31). The van der Waals surface area contributed by atoms with Gasteiger partial charge in [0.1, 0.15) is 0 Å². The lowest BCUT2D eigenvalue weighted by molar-refractivity contribution is -0.143. The number of hydrogen-bond donors (Lipinski definition) is 2. The second kappa shape index (κ2) is 7.83. The second-order valence-electron chi connectivity index (χ2n) is 6.15. The quantitative estimate of drug-likeness (QED) is 0.463. The number of halogens is 5. The predicted molar refractivity (Wildman–Crippen MR) is 99.0 cm³/mol. The van der Waals surface area contributed by atoms with Crippen LogP contribution in [0.1, 0.15) is 16.1 Å². The number of rotatable bonds is 4. The van der Waals surface area contributed by atoms with Crippen LogP contribution < -0.4 is 10.6 Å². The lowest BCUT2D eigenvalue weighted by Gasteiger charge is -2.19. The van der Waals surface area contributed by atoms with E-state index >= 15 is 0 Å². The molecule has 1 aliphatic heterocycles. The first-order valence-electron chi connectivity index (χ1n) is 8.53. The molecule has 14 heteroatoms. The topological polar surface area (TPSA) is 103 Å². The summed E-state index contributed by atoms with van der Waals surface area (Å²) in [5.74, 6) is -1.57. The number of allylic oxidation sites excluding steroid dienone is 2. The third kappa shape index (κ3) is 4.12. The summed E-state index contributed by atoms with van der Waals surface area (Å²) in [7, 11) is 0. The van der Waals surface area contributed by atoms with Crippen LogP contribution in [0.3, 0.4) is 0 Å². The molecule has 0 aliphatic carbocycles. The number of alkyl halides is 3. The number of pyridine rings is 1. The van der Waals surface area contributed by atoms with Gasteiger partial charge in [0.15, 0.2) is 11.5 Å². The van der Waals surface area contributed by atoms with E-state index in [9.17, 15) is 22.4 Å². The Morgan fingerprint density at radius 2 is 1.90 bits per heavy atom. The maximum absolute atomic E-state index is 13.7. The Morgan fingerprint density at radius 3 is 2.52 bits per heavy atom. The van der Waals surface area contributed by atoms with Crippen LogP contribution in [0, 0.1) is 5.95 Å². The van der Waals surface area contributed by atoms with Crippen molar-refractivity contribution >= 4 is 23.3 Å². The zero-order valence-electron chi connectivity index (χ0n) is 15.2. The van der Waals surface area contributed by atoms with E-state index in [0.717, 1.165) is 24.5 Å². The van der Waals surface area contributed by atoms with E-state index in [1.807, 2.05) is 0 Å². The smallest absolute Gasteiger partial charge is 0.362 e. The second-order valence-corrected chi connectivity index (χ2v) is 6.56. The van der Waals surface area contributed by atoms with Crippen molar-refractivity contribution in [2.24, 2.45) is 0 Å². The van der Waals surface area contributed by atoms with Crippen molar-refractivity contribution in [2.45, 2.75) is 6.18 Å². The number of nitrogens with one attached hydrogen (secondary N) is 2. The van der Waals surface area contributed by atoms with E-state index in [2.05, 4.69) is 30.9 Å². The molecule has 3 aromatic rings. The summed E-state index contributed by atoms with van der Waals surface area (Å²) >= 11 is 6.15. The molecular formula is C17H11ClF4N8O. The van der Waals surface area contributed by atoms with E-state index in [0.29, 0.717) is 10.5 Å². The molecule has 0 bridgehead atoms. The maximum atomic E-state index is 13.7. The van der Waals surface area contributed by atoms with Gasteiger partial charge in [-0.3, -0.25) is 4.79 Å². The zero-order chi connectivity index (χ0) is 22.2. The average Bonchev–Trinajstić information content (AvgIpc) is 3.38. The first-order chi connectivity index (χ1) is 14.7. The molecule has 0 aromatic carbocycles. The fourth-order valence-corrected chi connectivity index (χ4v) is 3.08. The van der Waals surface area contributed by atoms with Gasteiger partial charge in [-0.25, -0.2) is 9.67 Å². The highest BCUT2D eigenvalue weighted by Gasteiger charge is 2.40. The van der Waals surface area contributed by atoms with E-state index in [1.165, 1.54) is 23.3 Å². The van der Waals surface area contributed by atoms with Crippen LogP contribution in [-0.4, -0.2) is 42.2 Å². The molecule has 2 N–H and O–H groups in total. The Morgan fingerprint density at radius 1 is 1.16 bits per heavy atom. The molecule has 1 amide bonds. The molecular weight excluding hydrogens is 444 g/mol. The lowest BCUT2D eigenvalue weighted by atomic mass is 10.2. The number of hydrogen-bond acceptors (Lipinski definition) is 6. The van der Waals surface area contributed by atoms with Gasteiger partial charge in [0.25, 0.3) is 5.91 Å². The molecule has 0 atom stereocenters. The molecule has 31 heavy (non-hydrogen) atoms. The summed E-state index contributed by atoms with van der Waals surface area (Å²) in [5, 5.41) is 16.9. The van der Waals surface area contributed by atoms with Crippen LogP contribution in [0.4, 0.5) is 17.6 Å². The SMILES string of the molecule is O=C(NC1=CC(Cl)=C(n2nccn2)NC1)c1cnn(-c2ccc(F)nc2)c1C(F)(F)F. The van der Waals surface area contributed by atoms with Gasteiger partial charge in [0.2, 0.25) is 5.95 Å². The highest BCUT2D eigenvalue weighted by Crippen LogP contribution is 2.33. The van der Waals surface area contributed by atoms with Crippen molar-refractivity contribution in [3.63, 3.8) is 0 Å². The summed E-state index contributed by atoms with van der Waals surface area (Å²) < 4.78 is 54.6. The number of carbonyl (C=O) groups excluding carboxylic acids is 1. The molecule has 160 valence electrons. The summed E-state index contributed by atoms with van der Waals surface area (Å²) in [6, 6.07) is 1.95. The fourth-order valence-electron chi connectivity index (χ4n) is 2.80. The normalized spacial score (nSPS) is 14.3. The van der Waals surface area contributed by atoms with Crippen molar-refractivity contribution in [3.8, 4) is 5.69 Å². The Bertz CT molecular complexity index is 1180. The monoisotopic (exact) mass is 454 g/mol. The molecule has 0 saturated heterocycles. The van der Waals surface area contributed by atoms with Gasteiger partial charge < -0.3 is 10.6 Å². The number of dihydropyridines is 1. The molecule has 1 aliphatic rings. The van der Waals surface area contributed by atoms with Crippen LogP contribution in [0.5, 0.6) is 0 Å². The minimum Gasteiger partial charge on any atom is -0.362 e. The molecule has 4 rings (SSSR count). The van der Waals surface area contributed by atoms with Gasteiger partial charge >= 0.3 is 6.18 Å². The van der Waals surface area contributed by atoms with Gasteiger partial charge in [0, 0.05) is 5.70 Å². The van der Waals surface area contributed by atoms with Gasteiger partial charge in [-0.2, -0.15) is 32.9 Å². The van der Waals surface area contributed by atoms with E-state index < -0.39 is 29.3 Å². The van der Waals surface area contributed by atoms with Crippen LogP contribution in [0.25, 0.3) is 11.5 Å². The van der Waals surface area contributed by atoms with Crippen molar-refractivity contribution in [2.75, 3.05) is 6.54 Å². The Kier molecular flexibility index (Phi) is 5.19. The zero-order valence-corrected chi connectivity index (χ0v) is 16.0. The molecule has 0 fully saturated rings. The van der Waals surface area contributed by atoms with Gasteiger partial charge in [0.05, 0.1) is 47.6 Å². The number of nitrogens with zero attached hydrogens (tertiary/aromatic N) is 6. The molecule has 4 heterocycles. The van der Waals surface area contributed by atoms with Crippen molar-refractivity contribution in [3.05, 3.63) is 70.9 Å². The minimum atomic E-state index is -4.92. The lowest BCUT2D eigenvalue weighted by Crippen LogP contribution is -2.34. The van der Waals surface area contributed by atoms with Crippen LogP contribution in [0.15, 0.2) is 53.7 Å². The third-order valence-corrected chi connectivity index (χ3v) is 4.39. The van der Waals surface area contributed by atoms with Crippen LogP contribution in [0.2, 0.25) is 0 Å². The van der Waals surface area contributed by atoms with Gasteiger partial charge in [-0.1, -0.05) is 11.6 Å². The summed E-state index contributed by atoms with van der Waals surface area (Å²) in [6.07, 6.45) is 0.972. The largest absolute Gasteiger partial charge is 0.434 e. The molecule has 0 saturated carbocycles. The molecule has 0 radical (unpaired) electrons. The first-order valence-corrected chi connectivity index (χ1v) is 8.91. The summed E-state index contributed by atoms with van der Waals surface area (Å²) in [5.41, 5.74) is -1.99. The van der Waals surface area contributed by atoms with Crippen molar-refractivity contribution in [1.29, 1.82) is 0 Å². The number of carbonyl (C=O) groups is 1. The van der Waals surface area contributed by atoms with Crippen LogP contribution in [-0.2, 0) is 6.18 Å². The molecule has 0 unspecified atom stereocenters. The minimum absolute atomic E-state index is 0.0518. The van der Waals surface area contributed by atoms with Crippen molar-refractivity contribution in [1.82, 2.24) is 40.4 Å². The van der Waals surface area contributed by atoms with E-state index in [-0.39, 0.29) is 23.0 Å². The number of amides is 1. The molecule has 0 spiro atoms. The highest BCUT2D eigenvalue weighted by atomic mass is 35.5. The Labute approximate surface area is 176 Å².